The van der Waals surface area contributed by atoms with Crippen LogP contribution in [-0.4, -0.2) is 38.7 Å². The fraction of sp³-hybridized carbons (Fsp3) is 0.231. The maximum Gasteiger partial charge on any atom is 0.270 e. The zero-order chi connectivity index (χ0) is 15.5. The number of rotatable bonds is 5. The molecule has 6 nitrogen and oxygen atoms in total. The molecule has 0 aliphatic rings. The second-order valence-corrected chi connectivity index (χ2v) is 6.63. The highest BCUT2D eigenvalue weighted by atomic mass is 35.5. The van der Waals surface area contributed by atoms with E-state index < -0.39 is 15.9 Å². The minimum atomic E-state index is -3.26. The third-order valence-corrected chi connectivity index (χ3v) is 3.72. The zero-order valence-corrected chi connectivity index (χ0v) is 12.8. The number of pyridine rings is 1. The molecule has 0 aliphatic carbocycles. The van der Waals surface area contributed by atoms with E-state index in [9.17, 15) is 13.2 Å². The standard InChI is InChI=1S/C13H14ClN3O3S/c1-21(19,20)16-7-6-15-13(18)11-8-9-4-2-3-5-10(9)12(14)17-11/h2-5,8,16H,6-7H2,1H3,(H,15,18). The number of nitrogens with one attached hydrogen (secondary N) is 2. The Morgan fingerprint density at radius 1 is 1.29 bits per heavy atom. The van der Waals surface area contributed by atoms with Crippen LogP contribution in [0.25, 0.3) is 10.8 Å². The Bertz CT molecular complexity index is 777. The summed E-state index contributed by atoms with van der Waals surface area (Å²) < 4.78 is 24.0. The van der Waals surface area contributed by atoms with Gasteiger partial charge in [0.15, 0.2) is 0 Å². The van der Waals surface area contributed by atoms with E-state index in [2.05, 4.69) is 15.0 Å². The zero-order valence-electron chi connectivity index (χ0n) is 11.3. The first-order valence-electron chi connectivity index (χ1n) is 6.15. The van der Waals surface area contributed by atoms with Crippen molar-refractivity contribution in [3.8, 4) is 0 Å². The van der Waals surface area contributed by atoms with Crippen LogP contribution in [0.3, 0.4) is 0 Å². The summed E-state index contributed by atoms with van der Waals surface area (Å²) in [5.41, 5.74) is 0.193. The van der Waals surface area contributed by atoms with Gasteiger partial charge < -0.3 is 5.32 Å². The third kappa shape index (κ3) is 4.38. The third-order valence-electron chi connectivity index (χ3n) is 2.70. The lowest BCUT2D eigenvalue weighted by Gasteiger charge is -2.07. The number of hydrogen-bond acceptors (Lipinski definition) is 4. The number of halogens is 1. The number of carbonyl (C=O) groups excluding carboxylic acids is 1. The number of fused-ring (bicyclic) bond motifs is 1. The van der Waals surface area contributed by atoms with Gasteiger partial charge in [0, 0.05) is 18.5 Å². The van der Waals surface area contributed by atoms with Crippen molar-refractivity contribution in [1.29, 1.82) is 0 Å². The van der Waals surface area contributed by atoms with Crippen LogP contribution in [0.5, 0.6) is 0 Å². The van der Waals surface area contributed by atoms with Crippen molar-refractivity contribution < 1.29 is 13.2 Å². The van der Waals surface area contributed by atoms with Crippen LogP contribution in [0.15, 0.2) is 30.3 Å². The number of sulfonamides is 1. The summed E-state index contributed by atoms with van der Waals surface area (Å²) in [5, 5.41) is 4.42. The maximum atomic E-state index is 12.0. The Kier molecular flexibility index (Phi) is 4.76. The fourth-order valence-corrected chi connectivity index (χ4v) is 2.51. The van der Waals surface area contributed by atoms with Gasteiger partial charge in [0.2, 0.25) is 10.0 Å². The normalized spacial score (nSPS) is 11.5. The second kappa shape index (κ2) is 6.38. The highest BCUT2D eigenvalue weighted by Crippen LogP contribution is 2.22. The Hall–Kier alpha value is -1.70. The van der Waals surface area contributed by atoms with Crippen molar-refractivity contribution in [3.63, 3.8) is 0 Å². The molecular weight excluding hydrogens is 314 g/mol. The quantitative estimate of drug-likeness (QED) is 0.637. The van der Waals surface area contributed by atoms with Crippen molar-refractivity contribution in [2.24, 2.45) is 0 Å². The molecule has 8 heteroatoms. The summed E-state index contributed by atoms with van der Waals surface area (Å²) in [4.78, 5) is 16.0. The van der Waals surface area contributed by atoms with Crippen molar-refractivity contribution >= 4 is 38.3 Å². The van der Waals surface area contributed by atoms with E-state index in [1.807, 2.05) is 24.3 Å². The van der Waals surface area contributed by atoms with Crippen molar-refractivity contribution in [2.45, 2.75) is 0 Å². The minimum Gasteiger partial charge on any atom is -0.349 e. The largest absolute Gasteiger partial charge is 0.349 e. The summed E-state index contributed by atoms with van der Waals surface area (Å²) in [5.74, 6) is -0.405. The van der Waals surface area contributed by atoms with Crippen molar-refractivity contribution in [1.82, 2.24) is 15.0 Å². The Labute approximate surface area is 127 Å². The lowest BCUT2D eigenvalue weighted by molar-refractivity contribution is 0.0949. The monoisotopic (exact) mass is 327 g/mol. The Balaban J connectivity index is 2.06. The number of aromatic nitrogens is 1. The average Bonchev–Trinajstić information content (AvgIpc) is 2.42. The Morgan fingerprint density at radius 3 is 2.71 bits per heavy atom. The summed E-state index contributed by atoms with van der Waals surface area (Å²) >= 11 is 6.04. The van der Waals surface area contributed by atoms with E-state index in [1.54, 1.807) is 6.07 Å². The van der Waals surface area contributed by atoms with E-state index in [1.165, 1.54) is 0 Å². The van der Waals surface area contributed by atoms with E-state index >= 15 is 0 Å². The average molecular weight is 328 g/mol. The van der Waals surface area contributed by atoms with Crippen LogP contribution in [0.2, 0.25) is 5.15 Å². The summed E-state index contributed by atoms with van der Waals surface area (Å²) in [6, 6.07) is 8.98. The van der Waals surface area contributed by atoms with Gasteiger partial charge in [0.05, 0.1) is 6.26 Å². The Morgan fingerprint density at radius 2 is 2.00 bits per heavy atom. The van der Waals surface area contributed by atoms with Crippen LogP contribution in [0.1, 0.15) is 10.5 Å². The molecule has 1 amide bonds. The molecule has 0 spiro atoms. The topological polar surface area (TPSA) is 88.2 Å². The molecule has 0 fully saturated rings. The van der Waals surface area contributed by atoms with Gasteiger partial charge in [-0.05, 0) is 11.5 Å². The van der Waals surface area contributed by atoms with E-state index in [4.69, 9.17) is 11.6 Å². The van der Waals surface area contributed by atoms with Crippen molar-refractivity contribution in [3.05, 3.63) is 41.2 Å². The van der Waals surface area contributed by atoms with E-state index in [0.29, 0.717) is 0 Å². The SMILES string of the molecule is CS(=O)(=O)NCCNC(=O)c1cc2ccccc2c(Cl)n1. The minimum absolute atomic E-state index is 0.117. The molecule has 0 aliphatic heterocycles. The molecule has 1 heterocycles. The predicted molar refractivity (Wildman–Crippen MR) is 81.9 cm³/mol. The molecule has 0 bridgehead atoms. The smallest absolute Gasteiger partial charge is 0.270 e. The van der Waals surface area contributed by atoms with Crippen LogP contribution >= 0.6 is 11.6 Å². The van der Waals surface area contributed by atoms with Gasteiger partial charge in [-0.25, -0.2) is 18.1 Å². The summed E-state index contributed by atoms with van der Waals surface area (Å²) in [6.45, 7) is 0.282. The fourth-order valence-electron chi connectivity index (χ4n) is 1.78. The lowest BCUT2D eigenvalue weighted by Crippen LogP contribution is -2.34. The van der Waals surface area contributed by atoms with Gasteiger partial charge in [-0.15, -0.1) is 0 Å². The molecule has 2 aromatic rings. The first kappa shape index (κ1) is 15.7. The second-order valence-electron chi connectivity index (χ2n) is 4.44. The summed E-state index contributed by atoms with van der Waals surface area (Å²) in [7, 11) is -3.26. The number of nitrogens with zero attached hydrogens (tertiary/aromatic N) is 1. The molecule has 112 valence electrons. The number of carbonyl (C=O) groups is 1. The van der Waals surface area contributed by atoms with Crippen LogP contribution in [-0.2, 0) is 10.0 Å². The molecule has 2 N–H and O–H groups in total. The highest BCUT2D eigenvalue weighted by Gasteiger charge is 2.10. The number of amides is 1. The molecule has 2 rings (SSSR count). The molecule has 0 saturated carbocycles. The van der Waals surface area contributed by atoms with E-state index in [-0.39, 0.29) is 23.9 Å². The van der Waals surface area contributed by atoms with E-state index in [0.717, 1.165) is 17.0 Å². The molecule has 0 atom stereocenters. The molecule has 0 saturated heterocycles. The van der Waals surface area contributed by atoms with Crippen LogP contribution < -0.4 is 10.0 Å². The number of hydrogen-bond donors (Lipinski definition) is 2. The number of benzene rings is 1. The van der Waals surface area contributed by atoms with Gasteiger partial charge in [-0.1, -0.05) is 35.9 Å². The first-order valence-corrected chi connectivity index (χ1v) is 8.42. The summed E-state index contributed by atoms with van der Waals surface area (Å²) in [6.07, 6.45) is 1.06. The van der Waals surface area contributed by atoms with Gasteiger partial charge >= 0.3 is 0 Å². The first-order chi connectivity index (χ1) is 9.87. The van der Waals surface area contributed by atoms with Crippen LogP contribution in [0.4, 0.5) is 0 Å². The molecular formula is C13H14ClN3O3S. The van der Waals surface area contributed by atoms with Crippen LogP contribution in [0, 0.1) is 0 Å². The lowest BCUT2D eigenvalue weighted by atomic mass is 10.1. The van der Waals surface area contributed by atoms with Gasteiger partial charge in [-0.3, -0.25) is 4.79 Å². The molecule has 0 radical (unpaired) electrons. The molecule has 1 aromatic heterocycles. The molecule has 0 unspecified atom stereocenters. The van der Waals surface area contributed by atoms with Gasteiger partial charge in [0.1, 0.15) is 10.8 Å². The van der Waals surface area contributed by atoms with Gasteiger partial charge in [0.25, 0.3) is 5.91 Å². The maximum absolute atomic E-state index is 12.0. The highest BCUT2D eigenvalue weighted by molar-refractivity contribution is 7.88. The molecule has 1 aromatic carbocycles. The predicted octanol–water partition coefficient (Wildman–Crippen LogP) is 1.17. The molecule has 21 heavy (non-hydrogen) atoms. The van der Waals surface area contributed by atoms with Crippen molar-refractivity contribution in [2.75, 3.05) is 19.3 Å². The van der Waals surface area contributed by atoms with Gasteiger partial charge in [-0.2, -0.15) is 0 Å².